The van der Waals surface area contributed by atoms with E-state index in [1.165, 1.54) is 12.1 Å². The van der Waals surface area contributed by atoms with Gasteiger partial charge in [0.25, 0.3) is 0 Å². The highest BCUT2D eigenvalue weighted by atomic mass is 35.5. The number of ether oxygens (including phenoxy) is 1. The lowest BCUT2D eigenvalue weighted by atomic mass is 10.1. The molecule has 1 atom stereocenters. The third kappa shape index (κ3) is 4.79. The summed E-state index contributed by atoms with van der Waals surface area (Å²) in [5.41, 5.74) is -0.476. The zero-order chi connectivity index (χ0) is 14.6. The first kappa shape index (κ1) is 15.3. The molecule has 104 valence electrons. The highest BCUT2D eigenvalue weighted by molar-refractivity contribution is 6.31. The van der Waals surface area contributed by atoms with Crippen LogP contribution in [0.1, 0.15) is 32.4 Å². The number of nitrogens with one attached hydrogen (secondary N) is 1. The molecular weight excluding hydrogens is 270 g/mol. The fraction of sp³-hybridized carbons (Fsp3) is 0.385. The number of benzene rings is 1. The van der Waals surface area contributed by atoms with E-state index in [9.17, 15) is 14.7 Å². The van der Waals surface area contributed by atoms with Crippen LogP contribution < -0.4 is 10.4 Å². The Bertz CT molecular complexity index is 482. The molecule has 0 spiro atoms. The predicted octanol–water partition coefficient (Wildman–Crippen LogP) is 1.66. The minimum Gasteiger partial charge on any atom is -0.548 e. The monoisotopic (exact) mass is 284 g/mol. The second kappa shape index (κ2) is 5.93. The molecule has 5 nitrogen and oxygen atoms in total. The molecule has 0 radical (unpaired) electrons. The molecule has 0 unspecified atom stereocenters. The Hall–Kier alpha value is -1.75. The van der Waals surface area contributed by atoms with Crippen LogP contribution in [0, 0.1) is 0 Å². The van der Waals surface area contributed by atoms with Crippen molar-refractivity contribution in [3.8, 4) is 0 Å². The van der Waals surface area contributed by atoms with Crippen LogP contribution in [0.5, 0.6) is 0 Å². The minimum absolute atomic E-state index is 0.229. The normalized spacial score (nSPS) is 12.6. The third-order valence-electron chi connectivity index (χ3n) is 2.11. The molecule has 0 heterocycles. The van der Waals surface area contributed by atoms with Crippen LogP contribution in [0.2, 0.25) is 5.02 Å². The maximum Gasteiger partial charge on any atom is 0.408 e. The van der Waals surface area contributed by atoms with Gasteiger partial charge in [-0.1, -0.05) is 29.8 Å². The van der Waals surface area contributed by atoms with Gasteiger partial charge in [0.15, 0.2) is 0 Å². The highest BCUT2D eigenvalue weighted by Crippen LogP contribution is 2.22. The maximum absolute atomic E-state index is 11.6. The van der Waals surface area contributed by atoms with Crippen molar-refractivity contribution in [1.82, 2.24) is 5.32 Å². The lowest BCUT2D eigenvalue weighted by Gasteiger charge is -2.24. The minimum atomic E-state index is -1.46. The van der Waals surface area contributed by atoms with Crippen LogP contribution in [-0.2, 0) is 9.53 Å². The van der Waals surface area contributed by atoms with Crippen molar-refractivity contribution >= 4 is 23.7 Å². The summed E-state index contributed by atoms with van der Waals surface area (Å²) in [6.45, 7) is 5.03. The number of carboxylic acids is 1. The molecule has 0 aliphatic heterocycles. The van der Waals surface area contributed by atoms with Gasteiger partial charge in [0.05, 0.1) is 12.0 Å². The van der Waals surface area contributed by atoms with Crippen LogP contribution in [0.4, 0.5) is 4.79 Å². The van der Waals surface area contributed by atoms with Crippen molar-refractivity contribution in [2.45, 2.75) is 32.4 Å². The number of alkyl carbamates (subject to hydrolysis) is 1. The number of halogens is 1. The average Bonchev–Trinajstić information content (AvgIpc) is 2.24. The molecule has 0 aliphatic rings. The number of carbonyl (C=O) groups is 2. The largest absolute Gasteiger partial charge is 0.548 e. The molecule has 0 aromatic heterocycles. The molecule has 1 rings (SSSR count). The van der Waals surface area contributed by atoms with Gasteiger partial charge in [-0.3, -0.25) is 0 Å². The Kier molecular flexibility index (Phi) is 4.78. The number of amides is 1. The van der Waals surface area contributed by atoms with Gasteiger partial charge in [0, 0.05) is 5.02 Å². The molecule has 6 heteroatoms. The molecule has 1 aromatic carbocycles. The van der Waals surface area contributed by atoms with Crippen LogP contribution in [0.25, 0.3) is 0 Å². The summed E-state index contributed by atoms with van der Waals surface area (Å²) < 4.78 is 5.00. The van der Waals surface area contributed by atoms with E-state index < -0.39 is 23.7 Å². The van der Waals surface area contributed by atoms with Gasteiger partial charge in [0.2, 0.25) is 0 Å². The van der Waals surface area contributed by atoms with Gasteiger partial charge in [-0.25, -0.2) is 4.79 Å². The van der Waals surface area contributed by atoms with E-state index in [4.69, 9.17) is 16.3 Å². The van der Waals surface area contributed by atoms with Crippen molar-refractivity contribution in [1.29, 1.82) is 0 Å². The van der Waals surface area contributed by atoms with Gasteiger partial charge in [-0.15, -0.1) is 0 Å². The van der Waals surface area contributed by atoms with E-state index in [2.05, 4.69) is 5.32 Å². The van der Waals surface area contributed by atoms with Crippen molar-refractivity contribution in [3.05, 3.63) is 34.9 Å². The standard InChI is InChI=1S/C13H16ClNO4/c1-13(2,3)19-12(18)15-10(11(16)17)8-6-4-5-7-9(8)14/h4-7,10H,1-3H3,(H,15,18)(H,16,17)/p-1/t10-/m1/s1. The second-order valence-corrected chi connectivity index (χ2v) is 5.33. The van der Waals surface area contributed by atoms with E-state index in [1.54, 1.807) is 32.9 Å². The number of carboxylic acid groups (broad SMARTS) is 1. The summed E-state index contributed by atoms with van der Waals surface area (Å²) in [6, 6.07) is 4.95. The van der Waals surface area contributed by atoms with Crippen LogP contribution in [0.3, 0.4) is 0 Å². The van der Waals surface area contributed by atoms with E-state index in [0.717, 1.165) is 0 Å². The van der Waals surface area contributed by atoms with E-state index in [1.807, 2.05) is 0 Å². The quantitative estimate of drug-likeness (QED) is 0.915. The molecule has 19 heavy (non-hydrogen) atoms. The maximum atomic E-state index is 11.6. The predicted molar refractivity (Wildman–Crippen MR) is 68.6 cm³/mol. The number of hydrogen-bond acceptors (Lipinski definition) is 4. The van der Waals surface area contributed by atoms with E-state index >= 15 is 0 Å². The van der Waals surface area contributed by atoms with Crippen molar-refractivity contribution in [3.63, 3.8) is 0 Å². The summed E-state index contributed by atoms with van der Waals surface area (Å²) in [4.78, 5) is 22.7. The summed E-state index contributed by atoms with van der Waals surface area (Å²) in [7, 11) is 0. The summed E-state index contributed by atoms with van der Waals surface area (Å²) in [5, 5.41) is 13.6. The molecule has 0 bridgehead atoms. The van der Waals surface area contributed by atoms with Crippen molar-refractivity contribution < 1.29 is 19.4 Å². The third-order valence-corrected chi connectivity index (χ3v) is 2.46. The lowest BCUT2D eigenvalue weighted by molar-refractivity contribution is -0.308. The molecule has 0 saturated heterocycles. The molecule has 1 amide bonds. The zero-order valence-electron chi connectivity index (χ0n) is 10.9. The van der Waals surface area contributed by atoms with E-state index in [-0.39, 0.29) is 10.6 Å². The fourth-order valence-corrected chi connectivity index (χ4v) is 1.64. The Morgan fingerprint density at radius 1 is 1.32 bits per heavy atom. The van der Waals surface area contributed by atoms with Crippen LogP contribution in [-0.4, -0.2) is 17.7 Å². The highest BCUT2D eigenvalue weighted by Gasteiger charge is 2.22. The number of hydrogen-bond donors (Lipinski definition) is 1. The molecule has 0 fully saturated rings. The van der Waals surface area contributed by atoms with Gasteiger partial charge in [-0.05, 0) is 32.4 Å². The second-order valence-electron chi connectivity index (χ2n) is 4.92. The first-order valence-electron chi connectivity index (χ1n) is 5.65. The summed E-state index contributed by atoms with van der Waals surface area (Å²) >= 11 is 5.90. The Morgan fingerprint density at radius 2 is 1.89 bits per heavy atom. The fourth-order valence-electron chi connectivity index (χ4n) is 1.40. The molecule has 0 saturated carbocycles. The molecule has 1 N–H and O–H groups in total. The number of aliphatic carboxylic acids is 1. The van der Waals surface area contributed by atoms with E-state index in [0.29, 0.717) is 0 Å². The Balaban J connectivity index is 2.89. The smallest absolute Gasteiger partial charge is 0.408 e. The summed E-state index contributed by atoms with van der Waals surface area (Å²) in [5.74, 6) is -1.46. The van der Waals surface area contributed by atoms with Gasteiger partial charge in [-0.2, -0.15) is 0 Å². The first-order valence-corrected chi connectivity index (χ1v) is 6.03. The van der Waals surface area contributed by atoms with Gasteiger partial charge in [0.1, 0.15) is 5.60 Å². The lowest BCUT2D eigenvalue weighted by Crippen LogP contribution is -2.43. The average molecular weight is 285 g/mol. The molecule has 1 aromatic rings. The van der Waals surface area contributed by atoms with Crippen molar-refractivity contribution in [2.75, 3.05) is 0 Å². The SMILES string of the molecule is CC(C)(C)OC(=O)N[C@@H](C(=O)[O-])c1ccccc1Cl. The first-order chi connectivity index (χ1) is 8.70. The number of rotatable bonds is 3. The molecular formula is C13H15ClNO4-. The number of carbonyl (C=O) groups excluding carboxylic acids is 2. The van der Waals surface area contributed by atoms with Crippen LogP contribution in [0.15, 0.2) is 24.3 Å². The van der Waals surface area contributed by atoms with Crippen LogP contribution >= 0.6 is 11.6 Å². The topological polar surface area (TPSA) is 78.5 Å². The van der Waals surface area contributed by atoms with Crippen molar-refractivity contribution in [2.24, 2.45) is 0 Å². The summed E-state index contributed by atoms with van der Waals surface area (Å²) in [6.07, 6.45) is -0.846. The molecule has 0 aliphatic carbocycles. The van der Waals surface area contributed by atoms with Gasteiger partial charge >= 0.3 is 6.09 Å². The Morgan fingerprint density at radius 3 is 2.37 bits per heavy atom. The van der Waals surface area contributed by atoms with Gasteiger partial charge < -0.3 is 20.0 Å². The Labute approximate surface area is 116 Å². The zero-order valence-corrected chi connectivity index (χ0v) is 11.7.